The minimum Gasteiger partial charge on any atom is -0.381 e. The van der Waals surface area contributed by atoms with E-state index in [4.69, 9.17) is 4.74 Å². The lowest BCUT2D eigenvalue weighted by Gasteiger charge is -2.43. The van der Waals surface area contributed by atoms with E-state index in [2.05, 4.69) is 28.1 Å². The van der Waals surface area contributed by atoms with E-state index in [1.54, 1.807) is 0 Å². The van der Waals surface area contributed by atoms with E-state index in [1.165, 1.54) is 12.8 Å². The quantitative estimate of drug-likeness (QED) is 0.711. The van der Waals surface area contributed by atoms with Crippen molar-refractivity contribution in [3.63, 3.8) is 0 Å². The molecule has 1 aromatic rings. The van der Waals surface area contributed by atoms with Crippen molar-refractivity contribution >= 4 is 27.7 Å². The highest BCUT2D eigenvalue weighted by molar-refractivity contribution is 9.10. The molecule has 2 saturated heterocycles. The van der Waals surface area contributed by atoms with Crippen LogP contribution in [-0.2, 0) is 19.7 Å². The molecule has 1 saturated carbocycles. The van der Waals surface area contributed by atoms with Gasteiger partial charge in [0.2, 0.25) is 11.8 Å². The van der Waals surface area contributed by atoms with Crippen LogP contribution in [0.5, 0.6) is 0 Å². The van der Waals surface area contributed by atoms with Crippen molar-refractivity contribution in [2.45, 2.75) is 43.9 Å². The van der Waals surface area contributed by atoms with E-state index in [0.717, 1.165) is 22.9 Å². The van der Waals surface area contributed by atoms with Crippen LogP contribution in [0.3, 0.4) is 0 Å². The van der Waals surface area contributed by atoms with E-state index in [0.29, 0.717) is 58.1 Å². The Morgan fingerprint density at radius 2 is 1.50 bits per heavy atom. The van der Waals surface area contributed by atoms with Crippen LogP contribution in [0.25, 0.3) is 0 Å². The van der Waals surface area contributed by atoms with Gasteiger partial charge in [-0.05, 0) is 43.4 Å². The van der Waals surface area contributed by atoms with Crippen LogP contribution in [-0.4, -0.2) is 61.0 Å². The van der Waals surface area contributed by atoms with Gasteiger partial charge in [-0.25, -0.2) is 0 Å². The first kappa shape index (κ1) is 19.9. The lowest BCUT2D eigenvalue weighted by molar-refractivity contribution is -0.147. The highest BCUT2D eigenvalue weighted by Crippen LogP contribution is 2.38. The Kier molecular flexibility index (Phi) is 6.07. The molecule has 152 valence electrons. The Morgan fingerprint density at radius 3 is 2.11 bits per heavy atom. The fourth-order valence-electron chi connectivity index (χ4n) is 4.98. The largest absolute Gasteiger partial charge is 0.381 e. The van der Waals surface area contributed by atoms with Gasteiger partial charge >= 0.3 is 0 Å². The second-order valence-electron chi connectivity index (χ2n) is 8.30. The molecule has 28 heavy (non-hydrogen) atoms. The maximum Gasteiger partial charge on any atom is 0.233 e. The number of nitrogens with zero attached hydrogens (tertiary/aromatic N) is 2. The first-order chi connectivity index (χ1) is 13.6. The Morgan fingerprint density at radius 1 is 0.929 bits per heavy atom. The summed E-state index contributed by atoms with van der Waals surface area (Å²) in [6.07, 6.45) is 5.85. The van der Waals surface area contributed by atoms with Gasteiger partial charge in [0, 0.05) is 49.8 Å². The van der Waals surface area contributed by atoms with E-state index in [9.17, 15) is 9.59 Å². The topological polar surface area (TPSA) is 49.9 Å². The predicted octanol–water partition coefficient (Wildman–Crippen LogP) is 3.36. The summed E-state index contributed by atoms with van der Waals surface area (Å²) in [5, 5.41) is 0. The molecule has 2 amide bonds. The lowest BCUT2D eigenvalue weighted by Crippen LogP contribution is -2.57. The number of piperazine rings is 1. The van der Waals surface area contributed by atoms with Gasteiger partial charge in [-0.15, -0.1) is 0 Å². The summed E-state index contributed by atoms with van der Waals surface area (Å²) in [5.74, 6) is 0.719. The summed E-state index contributed by atoms with van der Waals surface area (Å²) in [4.78, 5) is 30.3. The number of rotatable bonds is 3. The van der Waals surface area contributed by atoms with E-state index in [1.807, 2.05) is 21.9 Å². The molecule has 0 radical (unpaired) electrons. The molecule has 0 bridgehead atoms. The van der Waals surface area contributed by atoms with Crippen LogP contribution in [0.1, 0.15) is 44.1 Å². The minimum atomic E-state index is -0.503. The normalized spacial score (nSPS) is 23.0. The van der Waals surface area contributed by atoms with Crippen molar-refractivity contribution in [1.82, 2.24) is 9.80 Å². The number of carbonyl (C=O) groups is 2. The Bertz CT molecular complexity index is 701. The van der Waals surface area contributed by atoms with Gasteiger partial charge in [-0.3, -0.25) is 9.59 Å². The van der Waals surface area contributed by atoms with E-state index < -0.39 is 5.41 Å². The molecule has 0 unspecified atom stereocenters. The molecule has 0 N–H and O–H groups in total. The monoisotopic (exact) mass is 448 g/mol. The van der Waals surface area contributed by atoms with Crippen LogP contribution in [0.2, 0.25) is 0 Å². The Labute approximate surface area is 175 Å². The summed E-state index contributed by atoms with van der Waals surface area (Å²) < 4.78 is 6.60. The molecule has 0 atom stereocenters. The molecule has 2 aliphatic heterocycles. The predicted molar refractivity (Wildman–Crippen MR) is 111 cm³/mol. The molecule has 2 heterocycles. The van der Waals surface area contributed by atoms with Gasteiger partial charge in [0.25, 0.3) is 0 Å². The number of halogens is 1. The average Bonchev–Trinajstić information content (AvgIpc) is 3.29. The highest BCUT2D eigenvalue weighted by Gasteiger charge is 2.45. The molecule has 1 aromatic carbocycles. The van der Waals surface area contributed by atoms with Crippen LogP contribution < -0.4 is 0 Å². The Balaban J connectivity index is 1.46. The van der Waals surface area contributed by atoms with Crippen molar-refractivity contribution in [2.75, 3.05) is 39.4 Å². The molecule has 1 aliphatic carbocycles. The minimum absolute atomic E-state index is 0.200. The molecule has 3 aliphatic rings. The highest BCUT2D eigenvalue weighted by atomic mass is 79.9. The van der Waals surface area contributed by atoms with Gasteiger partial charge in [-0.2, -0.15) is 0 Å². The fourth-order valence-corrected chi connectivity index (χ4v) is 5.24. The lowest BCUT2D eigenvalue weighted by atomic mass is 9.73. The second-order valence-corrected chi connectivity index (χ2v) is 9.22. The number of ether oxygens (including phenoxy) is 1. The molecule has 0 spiro atoms. The standard InChI is InChI=1S/C22H29BrN2O3/c23-19-7-5-18(6-8-19)22(9-15-28-16-10-22)21(27)25-13-11-24(12-14-25)20(26)17-3-1-2-4-17/h5-8,17H,1-4,9-16H2. The van der Waals surface area contributed by atoms with Crippen molar-refractivity contribution in [2.24, 2.45) is 5.92 Å². The van der Waals surface area contributed by atoms with Crippen molar-refractivity contribution in [3.8, 4) is 0 Å². The summed E-state index contributed by atoms with van der Waals surface area (Å²) in [5.41, 5.74) is 0.574. The molecule has 6 heteroatoms. The van der Waals surface area contributed by atoms with Crippen molar-refractivity contribution in [1.29, 1.82) is 0 Å². The number of carbonyl (C=O) groups excluding carboxylic acids is 2. The average molecular weight is 449 g/mol. The number of amides is 2. The number of benzene rings is 1. The van der Waals surface area contributed by atoms with Crippen LogP contribution >= 0.6 is 15.9 Å². The summed E-state index contributed by atoms with van der Waals surface area (Å²) in [6.45, 7) is 3.82. The maximum atomic E-state index is 13.6. The van der Waals surface area contributed by atoms with Crippen molar-refractivity contribution < 1.29 is 14.3 Å². The van der Waals surface area contributed by atoms with Crippen LogP contribution in [0.4, 0.5) is 0 Å². The molecule has 3 fully saturated rings. The Hall–Kier alpha value is -1.40. The summed E-state index contributed by atoms with van der Waals surface area (Å²) >= 11 is 3.49. The van der Waals surface area contributed by atoms with Gasteiger partial charge < -0.3 is 14.5 Å². The maximum absolute atomic E-state index is 13.6. The summed E-state index contributed by atoms with van der Waals surface area (Å²) in [6, 6.07) is 8.15. The van der Waals surface area contributed by atoms with Gasteiger partial charge in [0.15, 0.2) is 0 Å². The summed E-state index contributed by atoms with van der Waals surface area (Å²) in [7, 11) is 0. The third-order valence-corrected chi connectivity index (χ3v) is 7.26. The van der Waals surface area contributed by atoms with Crippen LogP contribution in [0, 0.1) is 5.92 Å². The van der Waals surface area contributed by atoms with Crippen molar-refractivity contribution in [3.05, 3.63) is 34.3 Å². The van der Waals surface area contributed by atoms with Gasteiger partial charge in [0.1, 0.15) is 0 Å². The zero-order chi connectivity index (χ0) is 19.6. The molecular weight excluding hydrogens is 420 g/mol. The second kappa shape index (κ2) is 8.54. The third-order valence-electron chi connectivity index (χ3n) is 6.74. The van der Waals surface area contributed by atoms with E-state index >= 15 is 0 Å². The fraction of sp³-hybridized carbons (Fsp3) is 0.636. The smallest absolute Gasteiger partial charge is 0.233 e. The number of hydrogen-bond acceptors (Lipinski definition) is 3. The third kappa shape index (κ3) is 3.86. The first-order valence-electron chi connectivity index (χ1n) is 10.5. The van der Waals surface area contributed by atoms with E-state index in [-0.39, 0.29) is 11.8 Å². The zero-order valence-electron chi connectivity index (χ0n) is 16.4. The molecule has 5 nitrogen and oxygen atoms in total. The van der Waals surface area contributed by atoms with Crippen LogP contribution in [0.15, 0.2) is 28.7 Å². The molecule has 4 rings (SSSR count). The van der Waals surface area contributed by atoms with Gasteiger partial charge in [0.05, 0.1) is 5.41 Å². The SMILES string of the molecule is O=C(C1CCCC1)N1CCN(C(=O)C2(c3ccc(Br)cc3)CCOCC2)CC1. The molecular formula is C22H29BrN2O3. The number of hydrogen-bond donors (Lipinski definition) is 0. The molecule has 0 aromatic heterocycles. The zero-order valence-corrected chi connectivity index (χ0v) is 18.0. The first-order valence-corrected chi connectivity index (χ1v) is 11.3. The van der Waals surface area contributed by atoms with Gasteiger partial charge in [-0.1, -0.05) is 40.9 Å².